The van der Waals surface area contributed by atoms with E-state index in [4.69, 9.17) is 14.3 Å². The van der Waals surface area contributed by atoms with Gasteiger partial charge in [0.05, 0.1) is 6.61 Å². The molecule has 0 spiro atoms. The first-order valence-corrected chi connectivity index (χ1v) is 11.7. The zero-order valence-electron chi connectivity index (χ0n) is 20.5. The minimum Gasteiger partial charge on any atom is -0.488 e. The Bertz CT molecular complexity index is 992. The minimum atomic E-state index is -1.18. The molecule has 9 heteroatoms. The van der Waals surface area contributed by atoms with Crippen LogP contribution in [-0.4, -0.2) is 47.2 Å². The number of allylic oxidation sites excluding steroid dienone is 3. The number of carbonyl (C=O) groups excluding carboxylic acids is 4. The molecule has 35 heavy (non-hydrogen) atoms. The van der Waals surface area contributed by atoms with E-state index in [9.17, 15) is 19.2 Å². The van der Waals surface area contributed by atoms with Gasteiger partial charge in [-0.05, 0) is 44.4 Å². The van der Waals surface area contributed by atoms with Crippen molar-refractivity contribution in [1.29, 1.82) is 0 Å². The first kappa shape index (κ1) is 26.0. The van der Waals surface area contributed by atoms with Crippen molar-refractivity contribution in [1.82, 2.24) is 10.4 Å². The second kappa shape index (κ2) is 11.2. The Morgan fingerprint density at radius 3 is 2.29 bits per heavy atom. The molecule has 1 aromatic carbocycles. The number of nitrogens with one attached hydrogen (secondary N) is 1. The van der Waals surface area contributed by atoms with Crippen LogP contribution >= 0.6 is 0 Å². The summed E-state index contributed by atoms with van der Waals surface area (Å²) in [7, 11) is 0. The molecule has 3 rings (SSSR count). The van der Waals surface area contributed by atoms with E-state index in [1.165, 1.54) is 0 Å². The van der Waals surface area contributed by atoms with Crippen molar-refractivity contribution in [3.05, 3.63) is 54.1 Å². The zero-order chi connectivity index (χ0) is 25.6. The molecule has 1 aliphatic heterocycles. The maximum atomic E-state index is 12.9. The molecule has 1 heterocycles. The average Bonchev–Trinajstić information content (AvgIpc) is 3.10. The van der Waals surface area contributed by atoms with Crippen LogP contribution in [0, 0.1) is 11.8 Å². The number of carbonyl (C=O) groups is 4. The zero-order valence-corrected chi connectivity index (χ0v) is 20.5. The van der Waals surface area contributed by atoms with Crippen molar-refractivity contribution >= 4 is 23.9 Å². The van der Waals surface area contributed by atoms with Crippen LogP contribution in [-0.2, 0) is 30.4 Å². The van der Waals surface area contributed by atoms with Crippen LogP contribution in [0.4, 0.5) is 4.79 Å². The van der Waals surface area contributed by atoms with Crippen molar-refractivity contribution in [3.63, 3.8) is 0 Å². The molecule has 1 aromatic rings. The summed E-state index contributed by atoms with van der Waals surface area (Å²) in [5, 5.41) is 2.98. The van der Waals surface area contributed by atoms with Crippen LogP contribution in [0.2, 0.25) is 0 Å². The predicted molar refractivity (Wildman–Crippen MR) is 127 cm³/mol. The Kier molecular flexibility index (Phi) is 8.32. The van der Waals surface area contributed by atoms with Gasteiger partial charge in [-0.1, -0.05) is 43.4 Å². The van der Waals surface area contributed by atoms with E-state index in [1.807, 2.05) is 52.0 Å². The van der Waals surface area contributed by atoms with E-state index >= 15 is 0 Å². The van der Waals surface area contributed by atoms with E-state index in [0.717, 1.165) is 0 Å². The summed E-state index contributed by atoms with van der Waals surface area (Å²) >= 11 is 0. The van der Waals surface area contributed by atoms with Gasteiger partial charge in [0.2, 0.25) is 0 Å². The normalized spacial score (nSPS) is 20.5. The fraction of sp³-hybridized carbons (Fsp3) is 0.462. The topological polar surface area (TPSA) is 111 Å². The van der Waals surface area contributed by atoms with Crippen molar-refractivity contribution in [2.45, 2.75) is 58.6 Å². The smallest absolute Gasteiger partial charge is 0.407 e. The maximum absolute atomic E-state index is 12.9. The summed E-state index contributed by atoms with van der Waals surface area (Å²) in [6.45, 7) is 7.96. The summed E-state index contributed by atoms with van der Waals surface area (Å²) in [6.07, 6.45) is 7.01. The van der Waals surface area contributed by atoms with Crippen LogP contribution in [0.1, 0.15) is 46.1 Å². The number of hydrogen-bond acceptors (Lipinski definition) is 7. The second-order valence-electron chi connectivity index (χ2n) is 9.64. The van der Waals surface area contributed by atoms with Crippen LogP contribution in [0.5, 0.6) is 5.75 Å². The van der Waals surface area contributed by atoms with Gasteiger partial charge in [-0.2, -0.15) is 0 Å². The highest BCUT2D eigenvalue weighted by atomic mass is 16.7. The van der Waals surface area contributed by atoms with Gasteiger partial charge >= 0.3 is 12.1 Å². The van der Waals surface area contributed by atoms with Crippen molar-refractivity contribution in [2.24, 2.45) is 11.8 Å². The Labute approximate surface area is 205 Å². The first-order chi connectivity index (χ1) is 16.5. The molecule has 1 saturated heterocycles. The third-order valence-corrected chi connectivity index (χ3v) is 5.52. The highest BCUT2D eigenvalue weighted by Gasteiger charge is 2.35. The number of hydroxylamine groups is 2. The fourth-order valence-electron chi connectivity index (χ4n) is 3.62. The Morgan fingerprint density at radius 1 is 1.06 bits per heavy atom. The lowest BCUT2D eigenvalue weighted by Gasteiger charge is -2.23. The molecule has 0 saturated carbocycles. The third-order valence-electron chi connectivity index (χ3n) is 5.52. The monoisotopic (exact) mass is 484 g/mol. The molecular formula is C26H32N2O7. The average molecular weight is 485 g/mol. The standard InChI is InChI=1S/C26H32N2O7/c1-17-7-5-6-8-19(17)16-33-25(32)27-21(24(31)35-28-22(29)13-14-23(28)30)15-18-9-11-20(12-10-18)34-26(2,3)4/h5-12,17,19,21H,13-16H2,1-4H3,(H,27,32)/t17?,19?,21-/m1/s1. The predicted octanol–water partition coefficient (Wildman–Crippen LogP) is 3.49. The molecule has 3 atom stereocenters. The molecule has 1 aliphatic carbocycles. The van der Waals surface area contributed by atoms with Crippen molar-refractivity contribution in [3.8, 4) is 5.75 Å². The second-order valence-corrected chi connectivity index (χ2v) is 9.64. The van der Waals surface area contributed by atoms with Gasteiger partial charge in [-0.3, -0.25) is 9.59 Å². The summed E-state index contributed by atoms with van der Waals surface area (Å²) < 4.78 is 11.2. The lowest BCUT2D eigenvalue weighted by Crippen LogP contribution is -2.47. The molecule has 2 aliphatic rings. The number of amides is 3. The molecule has 1 fully saturated rings. The summed E-state index contributed by atoms with van der Waals surface area (Å²) in [6, 6.07) is 5.87. The van der Waals surface area contributed by atoms with Gasteiger partial charge in [0, 0.05) is 25.2 Å². The van der Waals surface area contributed by atoms with Gasteiger partial charge in [-0.15, -0.1) is 5.06 Å². The van der Waals surface area contributed by atoms with Gasteiger partial charge in [-0.25, -0.2) is 9.59 Å². The van der Waals surface area contributed by atoms with E-state index < -0.39 is 29.9 Å². The summed E-state index contributed by atoms with van der Waals surface area (Å²) in [5.74, 6) is -1.25. The highest BCUT2D eigenvalue weighted by Crippen LogP contribution is 2.21. The number of ether oxygens (including phenoxy) is 2. The quantitative estimate of drug-likeness (QED) is 0.562. The SMILES string of the molecule is CC1C=CC=CC1COC(=O)N[C@H](Cc1ccc(OC(C)(C)C)cc1)C(=O)ON1C(=O)CCC1=O. The van der Waals surface area contributed by atoms with E-state index in [1.54, 1.807) is 24.3 Å². The summed E-state index contributed by atoms with van der Waals surface area (Å²) in [4.78, 5) is 54.2. The van der Waals surface area contributed by atoms with Gasteiger partial charge in [0.1, 0.15) is 17.4 Å². The largest absolute Gasteiger partial charge is 0.488 e. The molecule has 2 unspecified atom stereocenters. The van der Waals surface area contributed by atoms with Crippen molar-refractivity contribution in [2.75, 3.05) is 6.61 Å². The first-order valence-electron chi connectivity index (χ1n) is 11.7. The molecule has 0 bridgehead atoms. The van der Waals surface area contributed by atoms with Crippen LogP contribution < -0.4 is 10.1 Å². The van der Waals surface area contributed by atoms with Crippen LogP contribution in [0.25, 0.3) is 0 Å². The molecule has 9 nitrogen and oxygen atoms in total. The molecule has 0 radical (unpaired) electrons. The number of benzene rings is 1. The Morgan fingerprint density at radius 2 is 1.69 bits per heavy atom. The molecular weight excluding hydrogens is 452 g/mol. The number of nitrogens with zero attached hydrogens (tertiary/aromatic N) is 1. The van der Waals surface area contributed by atoms with Crippen molar-refractivity contribution < 1.29 is 33.5 Å². The van der Waals surface area contributed by atoms with E-state index in [0.29, 0.717) is 16.4 Å². The maximum Gasteiger partial charge on any atom is 0.407 e. The van der Waals surface area contributed by atoms with E-state index in [-0.39, 0.29) is 43.3 Å². The Balaban J connectivity index is 1.67. The Hall–Kier alpha value is -3.62. The number of hydrogen-bond donors (Lipinski definition) is 1. The number of alkyl carbamates (subject to hydrolysis) is 1. The minimum absolute atomic E-state index is 0.0198. The van der Waals surface area contributed by atoms with Gasteiger partial charge in [0.25, 0.3) is 11.8 Å². The third kappa shape index (κ3) is 7.70. The number of imide groups is 1. The van der Waals surface area contributed by atoms with E-state index in [2.05, 4.69) is 5.32 Å². The van der Waals surface area contributed by atoms with Crippen LogP contribution in [0.15, 0.2) is 48.6 Å². The molecule has 3 amide bonds. The van der Waals surface area contributed by atoms with Crippen LogP contribution in [0.3, 0.4) is 0 Å². The van der Waals surface area contributed by atoms with Gasteiger partial charge < -0.3 is 19.6 Å². The summed E-state index contributed by atoms with van der Waals surface area (Å²) in [5.41, 5.74) is 0.343. The molecule has 0 aromatic heterocycles. The van der Waals surface area contributed by atoms with Gasteiger partial charge in [0.15, 0.2) is 0 Å². The lowest BCUT2D eigenvalue weighted by atomic mass is 9.91. The molecule has 1 N–H and O–H groups in total. The number of rotatable bonds is 8. The lowest BCUT2D eigenvalue weighted by molar-refractivity contribution is -0.198. The molecule has 188 valence electrons. The highest BCUT2D eigenvalue weighted by molar-refractivity contribution is 6.01. The fourth-order valence-corrected chi connectivity index (χ4v) is 3.62.